The summed E-state index contributed by atoms with van der Waals surface area (Å²) < 4.78 is 0. The Morgan fingerprint density at radius 1 is 1.12 bits per heavy atom. The highest BCUT2D eigenvalue weighted by Gasteiger charge is 2.29. The molecule has 2 aliphatic heterocycles. The van der Waals surface area contributed by atoms with Gasteiger partial charge in [-0.3, -0.25) is 0 Å². The van der Waals surface area contributed by atoms with Gasteiger partial charge >= 0.3 is 0 Å². The second-order valence-corrected chi connectivity index (χ2v) is 6.56. The van der Waals surface area contributed by atoms with Crippen LogP contribution in [0.3, 0.4) is 0 Å². The second-order valence-electron chi connectivity index (χ2n) is 6.56. The molecular formula is C13H27ClN2. The third kappa shape index (κ3) is 4.23. The summed E-state index contributed by atoms with van der Waals surface area (Å²) >= 11 is 0. The summed E-state index contributed by atoms with van der Waals surface area (Å²) in [4.78, 5) is 2.68. The number of fused-ring (bicyclic) bond motifs is 2. The molecule has 2 nitrogen and oxygen atoms in total. The van der Waals surface area contributed by atoms with Gasteiger partial charge in [0.1, 0.15) is 0 Å². The van der Waals surface area contributed by atoms with Crippen LogP contribution in [0.2, 0.25) is 0 Å². The summed E-state index contributed by atoms with van der Waals surface area (Å²) in [6.45, 7) is 10.9. The van der Waals surface area contributed by atoms with Crippen molar-refractivity contribution in [3.05, 3.63) is 0 Å². The fourth-order valence-electron chi connectivity index (χ4n) is 2.77. The standard InChI is InChI=1S/C13H26N2.ClH/c1-13(2,3)7-8-15-9-11-5-4-6-12(10-15)14-11;/h11-12,14H,4-10H2,1-3H3;1H. The fourth-order valence-corrected chi connectivity index (χ4v) is 2.77. The Balaban J connectivity index is 0.00000128. The summed E-state index contributed by atoms with van der Waals surface area (Å²) in [5.74, 6) is 0. The Bertz CT molecular complexity index is 200. The number of likely N-dealkylation sites (tertiary alicyclic amines) is 1. The summed E-state index contributed by atoms with van der Waals surface area (Å²) in [6.07, 6.45) is 5.55. The zero-order valence-corrected chi connectivity index (χ0v) is 11.8. The van der Waals surface area contributed by atoms with Crippen LogP contribution >= 0.6 is 12.4 Å². The van der Waals surface area contributed by atoms with Crippen LogP contribution in [0.4, 0.5) is 0 Å². The molecule has 2 bridgehead atoms. The molecule has 2 heterocycles. The van der Waals surface area contributed by atoms with Gasteiger partial charge in [0.25, 0.3) is 0 Å². The van der Waals surface area contributed by atoms with Gasteiger partial charge in [0, 0.05) is 25.2 Å². The van der Waals surface area contributed by atoms with Crippen LogP contribution < -0.4 is 5.32 Å². The fraction of sp³-hybridized carbons (Fsp3) is 1.00. The predicted molar refractivity (Wildman–Crippen MR) is 72.3 cm³/mol. The summed E-state index contributed by atoms with van der Waals surface area (Å²) in [7, 11) is 0. The number of piperazine rings is 1. The van der Waals surface area contributed by atoms with E-state index in [0.717, 1.165) is 12.1 Å². The lowest BCUT2D eigenvalue weighted by Gasteiger charge is -2.43. The van der Waals surface area contributed by atoms with Crippen molar-refractivity contribution in [3.63, 3.8) is 0 Å². The maximum Gasteiger partial charge on any atom is 0.0198 e. The molecule has 96 valence electrons. The minimum Gasteiger partial charge on any atom is -0.309 e. The number of halogens is 1. The molecule has 0 radical (unpaired) electrons. The van der Waals surface area contributed by atoms with E-state index in [2.05, 4.69) is 31.0 Å². The van der Waals surface area contributed by atoms with E-state index in [1.807, 2.05) is 0 Å². The molecule has 0 aromatic heterocycles. The van der Waals surface area contributed by atoms with Crippen molar-refractivity contribution >= 4 is 12.4 Å². The molecule has 2 aliphatic rings. The molecular weight excluding hydrogens is 220 g/mol. The quantitative estimate of drug-likeness (QED) is 0.806. The highest BCUT2D eigenvalue weighted by atomic mass is 35.5. The normalized spacial score (nSPS) is 30.9. The van der Waals surface area contributed by atoms with Gasteiger partial charge in [-0.15, -0.1) is 12.4 Å². The smallest absolute Gasteiger partial charge is 0.0198 e. The molecule has 2 unspecified atom stereocenters. The van der Waals surface area contributed by atoms with Crippen molar-refractivity contribution in [2.45, 2.75) is 58.5 Å². The Kier molecular flexibility index (Phi) is 5.09. The van der Waals surface area contributed by atoms with Crippen LogP contribution in [0.25, 0.3) is 0 Å². The van der Waals surface area contributed by atoms with Crippen molar-refractivity contribution in [2.75, 3.05) is 19.6 Å². The Morgan fingerprint density at radius 3 is 2.19 bits per heavy atom. The first-order valence-corrected chi connectivity index (χ1v) is 6.51. The molecule has 16 heavy (non-hydrogen) atoms. The number of hydrogen-bond donors (Lipinski definition) is 1. The van der Waals surface area contributed by atoms with Crippen molar-refractivity contribution in [3.8, 4) is 0 Å². The first-order valence-electron chi connectivity index (χ1n) is 6.51. The molecule has 2 rings (SSSR count). The topological polar surface area (TPSA) is 15.3 Å². The lowest BCUT2D eigenvalue weighted by atomic mass is 9.90. The van der Waals surface area contributed by atoms with Gasteiger partial charge in [-0.2, -0.15) is 0 Å². The maximum absolute atomic E-state index is 3.74. The van der Waals surface area contributed by atoms with Gasteiger partial charge < -0.3 is 10.2 Å². The third-order valence-corrected chi connectivity index (χ3v) is 3.71. The Hall–Kier alpha value is 0.210. The van der Waals surface area contributed by atoms with Gasteiger partial charge in [0.15, 0.2) is 0 Å². The molecule has 0 spiro atoms. The lowest BCUT2D eigenvalue weighted by molar-refractivity contribution is 0.113. The minimum absolute atomic E-state index is 0. The lowest BCUT2D eigenvalue weighted by Crippen LogP contribution is -2.58. The highest BCUT2D eigenvalue weighted by molar-refractivity contribution is 5.85. The molecule has 0 aromatic carbocycles. The van der Waals surface area contributed by atoms with Crippen LogP contribution in [-0.2, 0) is 0 Å². The van der Waals surface area contributed by atoms with Crippen molar-refractivity contribution < 1.29 is 0 Å². The predicted octanol–water partition coefficient (Wildman–Crippen LogP) is 2.67. The van der Waals surface area contributed by atoms with Crippen molar-refractivity contribution in [1.82, 2.24) is 10.2 Å². The first-order chi connectivity index (χ1) is 7.03. The van der Waals surface area contributed by atoms with E-state index in [-0.39, 0.29) is 12.4 Å². The minimum atomic E-state index is 0. The summed E-state index contributed by atoms with van der Waals surface area (Å²) in [5.41, 5.74) is 0.486. The van der Waals surface area contributed by atoms with E-state index >= 15 is 0 Å². The molecule has 0 saturated carbocycles. The van der Waals surface area contributed by atoms with E-state index in [0.29, 0.717) is 5.41 Å². The van der Waals surface area contributed by atoms with Gasteiger partial charge in [-0.05, 0) is 31.2 Å². The van der Waals surface area contributed by atoms with Crippen molar-refractivity contribution in [2.24, 2.45) is 5.41 Å². The van der Waals surface area contributed by atoms with Gasteiger partial charge in [0.05, 0.1) is 0 Å². The van der Waals surface area contributed by atoms with E-state index in [1.54, 1.807) is 0 Å². The molecule has 1 N–H and O–H groups in total. The molecule has 0 amide bonds. The number of rotatable bonds is 2. The third-order valence-electron chi connectivity index (χ3n) is 3.71. The Labute approximate surface area is 107 Å². The van der Waals surface area contributed by atoms with E-state index in [1.165, 1.54) is 45.3 Å². The van der Waals surface area contributed by atoms with E-state index < -0.39 is 0 Å². The molecule has 0 aliphatic carbocycles. The monoisotopic (exact) mass is 246 g/mol. The number of hydrogen-bond acceptors (Lipinski definition) is 2. The van der Waals surface area contributed by atoms with Gasteiger partial charge in [0.2, 0.25) is 0 Å². The molecule has 2 fully saturated rings. The average Bonchev–Trinajstić information content (AvgIpc) is 2.13. The highest BCUT2D eigenvalue weighted by Crippen LogP contribution is 2.23. The van der Waals surface area contributed by atoms with Crippen LogP contribution in [-0.4, -0.2) is 36.6 Å². The largest absolute Gasteiger partial charge is 0.309 e. The first kappa shape index (κ1) is 14.3. The maximum atomic E-state index is 3.74. The molecule has 2 atom stereocenters. The summed E-state index contributed by atoms with van der Waals surface area (Å²) in [6, 6.07) is 1.58. The summed E-state index contributed by atoms with van der Waals surface area (Å²) in [5, 5.41) is 3.74. The van der Waals surface area contributed by atoms with Gasteiger partial charge in [-0.25, -0.2) is 0 Å². The van der Waals surface area contributed by atoms with Crippen LogP contribution in [0.1, 0.15) is 46.5 Å². The van der Waals surface area contributed by atoms with Crippen LogP contribution in [0.5, 0.6) is 0 Å². The Morgan fingerprint density at radius 2 is 1.69 bits per heavy atom. The zero-order chi connectivity index (χ0) is 10.9. The van der Waals surface area contributed by atoms with Crippen LogP contribution in [0.15, 0.2) is 0 Å². The molecule has 0 aromatic rings. The average molecular weight is 247 g/mol. The van der Waals surface area contributed by atoms with Crippen molar-refractivity contribution in [1.29, 1.82) is 0 Å². The van der Waals surface area contributed by atoms with E-state index in [4.69, 9.17) is 0 Å². The number of piperidine rings is 1. The van der Waals surface area contributed by atoms with E-state index in [9.17, 15) is 0 Å². The molecule has 3 heteroatoms. The second kappa shape index (κ2) is 5.70. The van der Waals surface area contributed by atoms with Gasteiger partial charge in [-0.1, -0.05) is 27.2 Å². The number of nitrogens with zero attached hydrogens (tertiary/aromatic N) is 1. The van der Waals surface area contributed by atoms with Crippen LogP contribution in [0, 0.1) is 5.41 Å². The molecule has 2 saturated heterocycles. The SMILES string of the molecule is CC(C)(C)CCN1CC2CCCC(C1)N2.Cl. The number of nitrogens with one attached hydrogen (secondary N) is 1. The zero-order valence-electron chi connectivity index (χ0n) is 11.0.